The van der Waals surface area contributed by atoms with Crippen molar-refractivity contribution in [2.45, 2.75) is 6.04 Å². The van der Waals surface area contributed by atoms with E-state index < -0.39 is 0 Å². The van der Waals surface area contributed by atoms with Crippen LogP contribution in [0.1, 0.15) is 11.3 Å². The van der Waals surface area contributed by atoms with E-state index >= 15 is 0 Å². The summed E-state index contributed by atoms with van der Waals surface area (Å²) in [4.78, 5) is 30.7. The summed E-state index contributed by atoms with van der Waals surface area (Å²) in [6, 6.07) is 8.92. The lowest BCUT2D eigenvalue weighted by Gasteiger charge is -2.37. The molecular formula is C31H31FN10O. The number of likely N-dealkylation sites (N-methyl/N-ethyl adjacent to an activating group) is 1. The highest BCUT2D eigenvalue weighted by Crippen LogP contribution is 2.34. The summed E-state index contributed by atoms with van der Waals surface area (Å²) in [5, 5.41) is 4.21. The minimum Gasteiger partial charge on any atom is -0.492 e. The van der Waals surface area contributed by atoms with Crippen LogP contribution in [0.15, 0.2) is 66.3 Å². The second-order valence-electron chi connectivity index (χ2n) is 11.0. The summed E-state index contributed by atoms with van der Waals surface area (Å²) in [6.45, 7) is 3.11. The molecule has 4 N–H and O–H groups in total. The molecule has 1 saturated heterocycles. The number of pyridine rings is 2. The molecule has 0 unspecified atom stereocenters. The molecule has 5 aromatic rings. The van der Waals surface area contributed by atoms with Gasteiger partial charge in [0.05, 0.1) is 53.1 Å². The first-order chi connectivity index (χ1) is 20.9. The van der Waals surface area contributed by atoms with Crippen molar-refractivity contribution < 1.29 is 9.13 Å². The summed E-state index contributed by atoms with van der Waals surface area (Å²) in [6.07, 6.45) is 8.77. The smallest absolute Gasteiger partial charge is 0.147 e. The number of anilines is 2. The first kappa shape index (κ1) is 26.9. The summed E-state index contributed by atoms with van der Waals surface area (Å²) >= 11 is 0. The van der Waals surface area contributed by atoms with Gasteiger partial charge in [0, 0.05) is 54.5 Å². The van der Waals surface area contributed by atoms with Crippen molar-refractivity contribution >= 4 is 28.1 Å². The Kier molecular flexibility index (Phi) is 6.92. The molecule has 0 atom stereocenters. The van der Waals surface area contributed by atoms with Gasteiger partial charge in [-0.05, 0) is 43.9 Å². The monoisotopic (exact) mass is 578 g/mol. The molecule has 43 heavy (non-hydrogen) atoms. The molecule has 4 aromatic heterocycles. The van der Waals surface area contributed by atoms with Crippen LogP contribution >= 0.6 is 0 Å². The molecule has 12 heteroatoms. The fourth-order valence-corrected chi connectivity index (χ4v) is 5.34. The van der Waals surface area contributed by atoms with Crippen LogP contribution < -0.4 is 20.7 Å². The van der Waals surface area contributed by atoms with E-state index in [0.29, 0.717) is 36.0 Å². The number of hydrogen-bond donors (Lipinski definition) is 3. The number of benzene rings is 1. The van der Waals surface area contributed by atoms with E-state index in [2.05, 4.69) is 30.2 Å². The topological polar surface area (TPSA) is 133 Å². The second-order valence-corrected chi connectivity index (χ2v) is 11.0. The van der Waals surface area contributed by atoms with Crippen molar-refractivity contribution in [1.82, 2.24) is 29.8 Å². The third-order valence-corrected chi connectivity index (χ3v) is 7.57. The number of aromatic amines is 1. The highest BCUT2D eigenvalue weighted by atomic mass is 19.1. The van der Waals surface area contributed by atoms with Crippen LogP contribution in [-0.2, 0) is 0 Å². The molecule has 0 saturated carbocycles. The molecule has 2 aliphatic heterocycles. The first-order valence-corrected chi connectivity index (χ1v) is 14.1. The van der Waals surface area contributed by atoms with Gasteiger partial charge < -0.3 is 30.6 Å². The summed E-state index contributed by atoms with van der Waals surface area (Å²) < 4.78 is 20.5. The number of hydrogen-bond acceptors (Lipinski definition) is 10. The standard InChI is InChI=1S/C31H31FN10O/c1-41(2)3-4-43-21-6-18(5-19(32)7-21)24-10-34-11-28-22(24)8-26(39-28)31-23-9-25(36-13-27(23)37-17-38-31)29-12-35-14-30(40-29)42-15-20(33)16-42/h5-14,20,37,39H,3-4,15-17,33H2,1-2H3. The minimum atomic E-state index is -0.370. The Hall–Kier alpha value is -4.94. The van der Waals surface area contributed by atoms with E-state index in [1.54, 1.807) is 31.0 Å². The quantitative estimate of drug-likeness (QED) is 0.253. The van der Waals surface area contributed by atoms with Crippen LogP contribution in [-0.4, -0.2) is 88.6 Å². The van der Waals surface area contributed by atoms with Gasteiger partial charge in [0.25, 0.3) is 0 Å². The summed E-state index contributed by atoms with van der Waals surface area (Å²) in [7, 11) is 3.93. The number of nitrogens with one attached hydrogen (secondary N) is 2. The van der Waals surface area contributed by atoms with Crippen molar-refractivity contribution in [1.29, 1.82) is 0 Å². The van der Waals surface area contributed by atoms with Crippen molar-refractivity contribution in [3.8, 4) is 28.3 Å². The van der Waals surface area contributed by atoms with Gasteiger partial charge in [0.1, 0.15) is 36.4 Å². The average Bonchev–Trinajstić information content (AvgIpc) is 3.43. The van der Waals surface area contributed by atoms with Crippen LogP contribution in [0.4, 0.5) is 15.9 Å². The molecule has 218 valence electrons. The number of aliphatic imine (C=N–C) groups is 1. The highest BCUT2D eigenvalue weighted by molar-refractivity contribution is 6.18. The van der Waals surface area contributed by atoms with Gasteiger partial charge in [-0.15, -0.1) is 0 Å². The van der Waals surface area contributed by atoms with Gasteiger partial charge in [0.2, 0.25) is 0 Å². The third-order valence-electron chi connectivity index (χ3n) is 7.57. The maximum Gasteiger partial charge on any atom is 0.147 e. The lowest BCUT2D eigenvalue weighted by molar-refractivity contribution is 0.260. The SMILES string of the molecule is CN(C)CCOc1cc(F)cc(-c2cncc3[nH]c(C4=NCNc5cnc(-c6cncc(N7CC(N)C7)n6)cc54)cc23)c1. The zero-order chi connectivity index (χ0) is 29.5. The van der Waals surface area contributed by atoms with Gasteiger partial charge in [-0.25, -0.2) is 9.37 Å². The number of nitrogens with zero attached hydrogens (tertiary/aromatic N) is 7. The molecule has 1 fully saturated rings. The number of aromatic nitrogens is 5. The Labute approximate surface area is 247 Å². The van der Waals surface area contributed by atoms with Crippen molar-refractivity contribution in [2.75, 3.05) is 57.2 Å². The highest BCUT2D eigenvalue weighted by Gasteiger charge is 2.25. The number of fused-ring (bicyclic) bond motifs is 2. The Morgan fingerprint density at radius 1 is 1.00 bits per heavy atom. The Balaban J connectivity index is 1.23. The first-order valence-electron chi connectivity index (χ1n) is 14.1. The van der Waals surface area contributed by atoms with Gasteiger partial charge >= 0.3 is 0 Å². The molecule has 0 bridgehead atoms. The molecular weight excluding hydrogens is 547 g/mol. The minimum absolute atomic E-state index is 0.161. The predicted octanol–water partition coefficient (Wildman–Crippen LogP) is 3.53. The van der Waals surface area contributed by atoms with E-state index in [1.807, 2.05) is 37.2 Å². The van der Waals surface area contributed by atoms with Crippen LogP contribution in [0.3, 0.4) is 0 Å². The maximum atomic E-state index is 14.7. The van der Waals surface area contributed by atoms with E-state index in [0.717, 1.165) is 64.6 Å². The van der Waals surface area contributed by atoms with Crippen molar-refractivity contribution in [3.63, 3.8) is 0 Å². The van der Waals surface area contributed by atoms with Crippen molar-refractivity contribution in [3.05, 3.63) is 78.4 Å². The van der Waals surface area contributed by atoms with E-state index in [4.69, 9.17) is 20.4 Å². The van der Waals surface area contributed by atoms with E-state index in [-0.39, 0.29) is 11.9 Å². The second kappa shape index (κ2) is 11.0. The largest absolute Gasteiger partial charge is 0.492 e. The van der Waals surface area contributed by atoms with Gasteiger partial charge in [0.15, 0.2) is 0 Å². The molecule has 0 spiro atoms. The number of rotatable bonds is 8. The maximum absolute atomic E-state index is 14.7. The van der Waals surface area contributed by atoms with Gasteiger partial charge in [-0.2, -0.15) is 0 Å². The predicted molar refractivity (Wildman–Crippen MR) is 165 cm³/mol. The fraction of sp³-hybridized carbons (Fsp3) is 0.258. The Morgan fingerprint density at radius 2 is 1.86 bits per heavy atom. The number of nitrogens with two attached hydrogens (primary N) is 1. The Morgan fingerprint density at radius 3 is 2.70 bits per heavy atom. The molecule has 1 aromatic carbocycles. The van der Waals surface area contributed by atoms with Crippen LogP contribution in [0.25, 0.3) is 33.4 Å². The molecule has 0 amide bonds. The molecule has 7 rings (SSSR count). The van der Waals surface area contributed by atoms with Crippen LogP contribution in [0.5, 0.6) is 5.75 Å². The Bertz CT molecular complexity index is 1850. The summed E-state index contributed by atoms with van der Waals surface area (Å²) in [5.74, 6) is 0.890. The molecule has 6 heterocycles. The average molecular weight is 579 g/mol. The molecule has 11 nitrogen and oxygen atoms in total. The third kappa shape index (κ3) is 5.38. The van der Waals surface area contributed by atoms with E-state index in [1.165, 1.54) is 12.1 Å². The van der Waals surface area contributed by atoms with Gasteiger partial charge in [-0.3, -0.25) is 19.9 Å². The summed E-state index contributed by atoms with van der Waals surface area (Å²) in [5.41, 5.74) is 13.0. The fourth-order valence-electron chi connectivity index (χ4n) is 5.34. The lowest BCUT2D eigenvalue weighted by Crippen LogP contribution is -2.56. The van der Waals surface area contributed by atoms with Crippen LogP contribution in [0, 0.1) is 5.82 Å². The van der Waals surface area contributed by atoms with Crippen LogP contribution in [0.2, 0.25) is 0 Å². The normalized spacial score (nSPS) is 14.8. The zero-order valence-electron chi connectivity index (χ0n) is 23.9. The molecule has 0 aliphatic carbocycles. The zero-order valence-corrected chi connectivity index (χ0v) is 23.9. The number of halogens is 1. The van der Waals surface area contributed by atoms with Crippen molar-refractivity contribution in [2.24, 2.45) is 10.7 Å². The molecule has 2 aliphatic rings. The molecule has 0 radical (unpaired) electrons. The van der Waals surface area contributed by atoms with E-state index in [9.17, 15) is 4.39 Å². The number of ether oxygens (including phenoxy) is 1. The lowest BCUT2D eigenvalue weighted by atomic mass is 10.0. The van der Waals surface area contributed by atoms with Gasteiger partial charge in [-0.1, -0.05) is 0 Å². The number of H-pyrrole nitrogens is 1.